The Morgan fingerprint density at radius 2 is 1.84 bits per heavy atom. The number of hydrogen-bond acceptors (Lipinski definition) is 5. The van der Waals surface area contributed by atoms with Crippen molar-refractivity contribution in [1.29, 1.82) is 0 Å². The predicted octanol–water partition coefficient (Wildman–Crippen LogP) is 6.11. The van der Waals surface area contributed by atoms with Gasteiger partial charge in [-0.3, -0.25) is 14.9 Å². The largest absolute Gasteiger partial charge is 0.494 e. The number of nitro benzene ring substituents is 1. The SMILES string of the molecule is CCOc1ccc(NC(=O)c2cc(-c3ccccc3Cl)nc3ccccc23)c([N+](=O)[O-])c1. The van der Waals surface area contributed by atoms with Crippen molar-refractivity contribution in [3.63, 3.8) is 0 Å². The monoisotopic (exact) mass is 447 g/mol. The lowest BCUT2D eigenvalue weighted by molar-refractivity contribution is -0.384. The summed E-state index contributed by atoms with van der Waals surface area (Å²) in [5, 5.41) is 15.3. The molecular weight excluding hydrogens is 430 g/mol. The zero-order valence-electron chi connectivity index (χ0n) is 17.0. The minimum Gasteiger partial charge on any atom is -0.494 e. The maximum Gasteiger partial charge on any atom is 0.296 e. The smallest absolute Gasteiger partial charge is 0.296 e. The van der Waals surface area contributed by atoms with Crippen molar-refractivity contribution in [2.75, 3.05) is 11.9 Å². The molecule has 4 rings (SSSR count). The van der Waals surface area contributed by atoms with Crippen molar-refractivity contribution < 1.29 is 14.5 Å². The first-order valence-corrected chi connectivity index (χ1v) is 10.2. The number of nitrogens with zero attached hydrogens (tertiary/aromatic N) is 2. The average Bonchev–Trinajstić information content (AvgIpc) is 2.79. The van der Waals surface area contributed by atoms with Crippen molar-refractivity contribution in [3.8, 4) is 17.0 Å². The van der Waals surface area contributed by atoms with E-state index in [0.717, 1.165) is 0 Å². The summed E-state index contributed by atoms with van der Waals surface area (Å²) in [5.74, 6) is -0.142. The van der Waals surface area contributed by atoms with Gasteiger partial charge in [-0.1, -0.05) is 48.0 Å². The van der Waals surface area contributed by atoms with Crippen molar-refractivity contribution in [1.82, 2.24) is 4.98 Å². The zero-order valence-corrected chi connectivity index (χ0v) is 17.8. The maximum atomic E-state index is 13.3. The van der Waals surface area contributed by atoms with E-state index in [1.54, 1.807) is 43.3 Å². The van der Waals surface area contributed by atoms with E-state index in [2.05, 4.69) is 10.3 Å². The Morgan fingerprint density at radius 3 is 2.59 bits per heavy atom. The summed E-state index contributed by atoms with van der Waals surface area (Å²) in [4.78, 5) is 28.9. The minimum absolute atomic E-state index is 0.0728. The van der Waals surface area contributed by atoms with Crippen molar-refractivity contribution >= 4 is 39.8 Å². The molecule has 0 atom stereocenters. The maximum absolute atomic E-state index is 13.3. The number of fused-ring (bicyclic) bond motifs is 1. The number of halogens is 1. The number of pyridine rings is 1. The van der Waals surface area contributed by atoms with Gasteiger partial charge in [-0.05, 0) is 37.3 Å². The second-order valence-electron chi connectivity index (χ2n) is 6.88. The van der Waals surface area contributed by atoms with E-state index in [9.17, 15) is 14.9 Å². The lowest BCUT2D eigenvalue weighted by Crippen LogP contribution is -2.14. The number of nitrogens with one attached hydrogen (secondary N) is 1. The van der Waals surface area contributed by atoms with Crippen LogP contribution in [-0.2, 0) is 0 Å². The second-order valence-corrected chi connectivity index (χ2v) is 7.28. The Kier molecular flexibility index (Phi) is 6.00. The molecule has 1 heterocycles. The molecule has 0 aliphatic carbocycles. The van der Waals surface area contributed by atoms with Crippen LogP contribution in [-0.4, -0.2) is 22.4 Å². The molecule has 0 fully saturated rings. The number of para-hydroxylation sites is 1. The molecule has 1 aromatic heterocycles. The summed E-state index contributed by atoms with van der Waals surface area (Å²) < 4.78 is 5.34. The van der Waals surface area contributed by atoms with E-state index >= 15 is 0 Å². The molecule has 0 unspecified atom stereocenters. The van der Waals surface area contributed by atoms with Gasteiger partial charge >= 0.3 is 0 Å². The normalized spacial score (nSPS) is 10.7. The topological polar surface area (TPSA) is 94.4 Å². The van der Waals surface area contributed by atoms with E-state index in [0.29, 0.717) is 45.1 Å². The number of rotatable bonds is 6. The van der Waals surface area contributed by atoms with Crippen LogP contribution in [0.25, 0.3) is 22.2 Å². The van der Waals surface area contributed by atoms with Crippen LogP contribution in [0.1, 0.15) is 17.3 Å². The highest BCUT2D eigenvalue weighted by atomic mass is 35.5. The van der Waals surface area contributed by atoms with E-state index in [4.69, 9.17) is 16.3 Å². The first kappa shape index (κ1) is 21.3. The zero-order chi connectivity index (χ0) is 22.7. The van der Waals surface area contributed by atoms with Gasteiger partial charge in [0.25, 0.3) is 11.6 Å². The van der Waals surface area contributed by atoms with Crippen LogP contribution in [0, 0.1) is 10.1 Å². The van der Waals surface area contributed by atoms with E-state index in [1.165, 1.54) is 12.1 Å². The van der Waals surface area contributed by atoms with Crippen molar-refractivity contribution in [3.05, 3.63) is 93.5 Å². The first-order valence-electron chi connectivity index (χ1n) is 9.85. The number of carbonyl (C=O) groups excluding carboxylic acids is 1. The Bertz CT molecular complexity index is 1340. The molecule has 7 nitrogen and oxygen atoms in total. The van der Waals surface area contributed by atoms with Crippen LogP contribution >= 0.6 is 11.6 Å². The van der Waals surface area contributed by atoms with Gasteiger partial charge < -0.3 is 10.1 Å². The molecular formula is C24H18ClN3O4. The molecule has 160 valence electrons. The van der Waals surface area contributed by atoms with Crippen molar-refractivity contribution in [2.24, 2.45) is 0 Å². The molecule has 1 amide bonds. The van der Waals surface area contributed by atoms with Crippen LogP contribution in [0.4, 0.5) is 11.4 Å². The third-order valence-electron chi connectivity index (χ3n) is 4.84. The van der Waals surface area contributed by atoms with E-state index in [1.807, 2.05) is 24.3 Å². The Hall–Kier alpha value is -3.97. The second kappa shape index (κ2) is 9.03. The van der Waals surface area contributed by atoms with Crippen LogP contribution in [0.3, 0.4) is 0 Å². The van der Waals surface area contributed by atoms with Gasteiger partial charge in [0.2, 0.25) is 0 Å². The fourth-order valence-corrected chi connectivity index (χ4v) is 3.62. The highest BCUT2D eigenvalue weighted by Crippen LogP contribution is 2.32. The van der Waals surface area contributed by atoms with Crippen LogP contribution in [0.2, 0.25) is 5.02 Å². The number of carbonyl (C=O) groups is 1. The molecule has 0 aliphatic heterocycles. The Balaban J connectivity index is 1.79. The van der Waals surface area contributed by atoms with Gasteiger partial charge in [0.1, 0.15) is 11.4 Å². The van der Waals surface area contributed by atoms with Crippen molar-refractivity contribution in [2.45, 2.75) is 6.92 Å². The molecule has 0 radical (unpaired) electrons. The summed E-state index contributed by atoms with van der Waals surface area (Å²) in [6.07, 6.45) is 0. The van der Waals surface area contributed by atoms with Gasteiger partial charge in [0.15, 0.2) is 0 Å². The van der Waals surface area contributed by atoms with E-state index < -0.39 is 10.8 Å². The highest BCUT2D eigenvalue weighted by Gasteiger charge is 2.20. The third-order valence-corrected chi connectivity index (χ3v) is 5.17. The fraction of sp³-hybridized carbons (Fsp3) is 0.0833. The molecule has 0 aliphatic rings. The molecule has 1 N–H and O–H groups in total. The lowest BCUT2D eigenvalue weighted by Gasteiger charge is -2.12. The molecule has 0 saturated heterocycles. The minimum atomic E-state index is -0.558. The van der Waals surface area contributed by atoms with Crippen LogP contribution in [0.15, 0.2) is 72.8 Å². The molecule has 0 bridgehead atoms. The molecule has 8 heteroatoms. The van der Waals surface area contributed by atoms with Gasteiger partial charge in [-0.25, -0.2) is 4.98 Å². The van der Waals surface area contributed by atoms with E-state index in [-0.39, 0.29) is 11.4 Å². The molecule has 4 aromatic rings. The Labute approximate surface area is 188 Å². The van der Waals surface area contributed by atoms with Crippen LogP contribution < -0.4 is 10.1 Å². The summed E-state index contributed by atoms with van der Waals surface area (Å²) in [6, 6.07) is 20.4. The van der Waals surface area contributed by atoms with Gasteiger partial charge in [-0.15, -0.1) is 0 Å². The quantitative estimate of drug-likeness (QED) is 0.284. The summed E-state index contributed by atoms with van der Waals surface area (Å²) in [6.45, 7) is 2.16. The van der Waals surface area contributed by atoms with Gasteiger partial charge in [0, 0.05) is 16.0 Å². The first-order chi connectivity index (χ1) is 15.5. The summed E-state index contributed by atoms with van der Waals surface area (Å²) in [5.41, 5.74) is 1.96. The number of nitro groups is 1. The number of aromatic nitrogens is 1. The predicted molar refractivity (Wildman–Crippen MR) is 124 cm³/mol. The number of ether oxygens (including phenoxy) is 1. The molecule has 0 saturated carbocycles. The number of hydrogen-bond donors (Lipinski definition) is 1. The highest BCUT2D eigenvalue weighted by molar-refractivity contribution is 6.33. The third kappa shape index (κ3) is 4.24. The average molecular weight is 448 g/mol. The number of benzene rings is 3. The van der Waals surface area contributed by atoms with Crippen LogP contribution in [0.5, 0.6) is 5.75 Å². The molecule has 3 aromatic carbocycles. The molecule has 32 heavy (non-hydrogen) atoms. The summed E-state index contributed by atoms with van der Waals surface area (Å²) in [7, 11) is 0. The lowest BCUT2D eigenvalue weighted by atomic mass is 10.0. The number of amides is 1. The molecule has 0 spiro atoms. The van der Waals surface area contributed by atoms with Gasteiger partial charge in [-0.2, -0.15) is 0 Å². The summed E-state index contributed by atoms with van der Waals surface area (Å²) >= 11 is 6.34. The Morgan fingerprint density at radius 1 is 1.09 bits per heavy atom. The standard InChI is InChI=1S/C24H18ClN3O4/c1-2-32-15-11-12-21(23(13-15)28(30)31)27-24(29)18-14-22(17-8-3-5-9-19(17)25)26-20-10-6-4-7-16(18)20/h3-14H,2H2,1H3,(H,27,29). The fourth-order valence-electron chi connectivity index (χ4n) is 3.38. The number of anilines is 1. The van der Waals surface area contributed by atoms with Gasteiger partial charge in [0.05, 0.1) is 34.4 Å².